The number of amides is 1. The van der Waals surface area contributed by atoms with Gasteiger partial charge < -0.3 is 5.32 Å². The fraction of sp³-hybridized carbons (Fsp3) is 0.0833. The molecule has 2 aromatic heterocycles. The van der Waals surface area contributed by atoms with E-state index >= 15 is 0 Å². The van der Waals surface area contributed by atoms with Crippen molar-refractivity contribution >= 4 is 44.9 Å². The zero-order valence-corrected chi connectivity index (χ0v) is 19.1. The van der Waals surface area contributed by atoms with Crippen LogP contribution in [0.1, 0.15) is 5.82 Å². The second-order valence-corrected chi connectivity index (χ2v) is 9.13. The molecule has 0 aliphatic heterocycles. The minimum atomic E-state index is -0.129. The average Bonchev–Trinajstić information content (AvgIpc) is 3.39. The Morgan fingerprint density at radius 1 is 0.909 bits per heavy atom. The Hall–Kier alpha value is -3.69. The van der Waals surface area contributed by atoms with Gasteiger partial charge in [-0.05, 0) is 36.4 Å². The summed E-state index contributed by atoms with van der Waals surface area (Å²) in [5.41, 5.74) is 2.49. The number of aromatic nitrogens is 4. The molecule has 0 bridgehead atoms. The molecule has 0 aliphatic rings. The number of hydrogen-bond donors (Lipinski definition) is 1. The Labute approximate surface area is 197 Å². The van der Waals surface area contributed by atoms with E-state index in [9.17, 15) is 9.59 Å². The molecule has 33 heavy (non-hydrogen) atoms. The van der Waals surface area contributed by atoms with E-state index in [2.05, 4.69) is 15.5 Å². The van der Waals surface area contributed by atoms with Crippen LogP contribution < -0.4 is 10.2 Å². The van der Waals surface area contributed by atoms with Crippen LogP contribution >= 0.6 is 23.1 Å². The fourth-order valence-electron chi connectivity index (χ4n) is 3.49. The molecule has 7 nitrogen and oxygen atoms in total. The summed E-state index contributed by atoms with van der Waals surface area (Å²) in [7, 11) is 0. The van der Waals surface area contributed by atoms with Crippen molar-refractivity contribution in [3.05, 3.63) is 100 Å². The van der Waals surface area contributed by atoms with E-state index in [0.29, 0.717) is 11.0 Å². The van der Waals surface area contributed by atoms with E-state index in [1.165, 1.54) is 23.1 Å². The van der Waals surface area contributed by atoms with Gasteiger partial charge in [0.15, 0.2) is 11.0 Å². The van der Waals surface area contributed by atoms with Gasteiger partial charge in [0, 0.05) is 11.4 Å². The molecule has 0 fully saturated rings. The number of nitrogens with zero attached hydrogens (tertiary/aromatic N) is 4. The van der Waals surface area contributed by atoms with Crippen molar-refractivity contribution in [3.63, 3.8) is 0 Å². The molecule has 0 radical (unpaired) electrons. The first-order chi connectivity index (χ1) is 16.2. The van der Waals surface area contributed by atoms with Crippen LogP contribution in [0.5, 0.6) is 0 Å². The predicted octanol–water partition coefficient (Wildman–Crippen LogP) is 4.42. The van der Waals surface area contributed by atoms with Gasteiger partial charge in [-0.3, -0.25) is 18.7 Å². The topological polar surface area (TPSA) is 81.8 Å². The van der Waals surface area contributed by atoms with Gasteiger partial charge in [0.05, 0.1) is 22.5 Å². The lowest BCUT2D eigenvalue weighted by Crippen LogP contribution is -2.17. The second-order valence-electron chi connectivity index (χ2n) is 7.19. The van der Waals surface area contributed by atoms with Crippen molar-refractivity contribution in [3.8, 4) is 5.69 Å². The summed E-state index contributed by atoms with van der Waals surface area (Å²) >= 11 is 2.52. The Morgan fingerprint density at radius 3 is 2.39 bits per heavy atom. The van der Waals surface area contributed by atoms with Crippen LogP contribution in [0.3, 0.4) is 0 Å². The summed E-state index contributed by atoms with van der Waals surface area (Å²) in [6.07, 6.45) is 0. The van der Waals surface area contributed by atoms with Crippen LogP contribution in [0.4, 0.5) is 5.69 Å². The highest BCUT2D eigenvalue weighted by Crippen LogP contribution is 2.24. The summed E-state index contributed by atoms with van der Waals surface area (Å²) in [5.74, 6) is 0.675. The first kappa shape index (κ1) is 21.2. The van der Waals surface area contributed by atoms with E-state index in [0.717, 1.165) is 21.6 Å². The van der Waals surface area contributed by atoms with Crippen molar-refractivity contribution in [2.45, 2.75) is 11.7 Å². The standard InChI is InChI=1S/C24H19N5O2S2/c30-22(25-17-9-3-1-4-10-17)16-32-23-27-26-21(29(23)18-11-5-2-6-12-18)15-28-19-13-7-8-14-20(19)33-24(28)31/h1-14H,15-16H2,(H,25,30). The molecule has 3 aromatic carbocycles. The molecule has 9 heteroatoms. The molecule has 0 aliphatic carbocycles. The van der Waals surface area contributed by atoms with Crippen LogP contribution in [-0.4, -0.2) is 31.0 Å². The molecule has 0 saturated carbocycles. The fourth-order valence-corrected chi connectivity index (χ4v) is 5.15. The third-order valence-electron chi connectivity index (χ3n) is 4.98. The smallest absolute Gasteiger partial charge is 0.308 e. The van der Waals surface area contributed by atoms with Gasteiger partial charge in [0.1, 0.15) is 0 Å². The lowest BCUT2D eigenvalue weighted by atomic mass is 10.3. The minimum absolute atomic E-state index is 0.0461. The Morgan fingerprint density at radius 2 is 1.61 bits per heavy atom. The van der Waals surface area contributed by atoms with E-state index < -0.39 is 0 Å². The molecule has 1 amide bonds. The number of thioether (sulfide) groups is 1. The van der Waals surface area contributed by atoms with E-state index in [1.807, 2.05) is 89.5 Å². The molecule has 5 aromatic rings. The van der Waals surface area contributed by atoms with Crippen LogP contribution in [0, 0.1) is 0 Å². The summed E-state index contributed by atoms with van der Waals surface area (Å²) in [6, 6.07) is 26.7. The maximum Gasteiger partial charge on any atom is 0.308 e. The lowest BCUT2D eigenvalue weighted by Gasteiger charge is -2.11. The second kappa shape index (κ2) is 9.43. The number of hydrogen-bond acceptors (Lipinski definition) is 6. The van der Waals surface area contributed by atoms with Crippen LogP contribution in [0.2, 0.25) is 0 Å². The maximum absolute atomic E-state index is 12.7. The molecule has 5 rings (SSSR count). The quantitative estimate of drug-likeness (QED) is 0.354. The number of rotatable bonds is 7. The normalized spacial score (nSPS) is 11.0. The Bertz CT molecular complexity index is 1460. The summed E-state index contributed by atoms with van der Waals surface area (Å²) < 4.78 is 4.54. The van der Waals surface area contributed by atoms with Crippen LogP contribution in [-0.2, 0) is 11.3 Å². The molecule has 0 atom stereocenters. The van der Waals surface area contributed by atoms with Gasteiger partial charge in [-0.25, -0.2) is 0 Å². The molecular formula is C24H19N5O2S2. The number of nitrogens with one attached hydrogen (secondary N) is 1. The number of carbonyl (C=O) groups is 1. The molecule has 2 heterocycles. The van der Waals surface area contributed by atoms with E-state index in [1.54, 1.807) is 4.57 Å². The first-order valence-corrected chi connectivity index (χ1v) is 12.0. The van der Waals surface area contributed by atoms with Crippen molar-refractivity contribution < 1.29 is 4.79 Å². The van der Waals surface area contributed by atoms with Gasteiger partial charge in [-0.15, -0.1) is 10.2 Å². The highest BCUT2D eigenvalue weighted by atomic mass is 32.2. The van der Waals surface area contributed by atoms with Gasteiger partial charge in [-0.1, -0.05) is 71.6 Å². The minimum Gasteiger partial charge on any atom is -0.325 e. The Balaban J connectivity index is 1.44. The number of thiazole rings is 1. The molecule has 1 N–H and O–H groups in total. The molecule has 0 unspecified atom stereocenters. The van der Waals surface area contributed by atoms with Crippen LogP contribution in [0.25, 0.3) is 15.9 Å². The Kier molecular flexibility index (Phi) is 6.05. The van der Waals surface area contributed by atoms with Gasteiger partial charge in [0.25, 0.3) is 0 Å². The molecule has 164 valence electrons. The lowest BCUT2D eigenvalue weighted by molar-refractivity contribution is -0.113. The summed E-state index contributed by atoms with van der Waals surface area (Å²) in [4.78, 5) is 25.1. The zero-order chi connectivity index (χ0) is 22.6. The SMILES string of the molecule is O=C(CSc1nnc(Cn2c(=O)sc3ccccc32)n1-c1ccccc1)Nc1ccccc1. The largest absolute Gasteiger partial charge is 0.325 e. The number of anilines is 1. The van der Waals surface area contributed by atoms with Crippen LogP contribution in [0.15, 0.2) is 94.9 Å². The number of fused-ring (bicyclic) bond motifs is 1. The molecule has 0 saturated heterocycles. The highest BCUT2D eigenvalue weighted by molar-refractivity contribution is 7.99. The number of para-hydroxylation sites is 3. The number of benzene rings is 3. The van der Waals surface area contributed by atoms with E-state index in [4.69, 9.17) is 0 Å². The van der Waals surface area contributed by atoms with Gasteiger partial charge in [-0.2, -0.15) is 0 Å². The first-order valence-electron chi connectivity index (χ1n) is 10.2. The maximum atomic E-state index is 12.7. The van der Waals surface area contributed by atoms with Crippen molar-refractivity contribution in [1.29, 1.82) is 0 Å². The summed E-state index contributed by atoms with van der Waals surface area (Å²) in [6.45, 7) is 0.279. The van der Waals surface area contributed by atoms with E-state index in [-0.39, 0.29) is 23.1 Å². The highest BCUT2D eigenvalue weighted by Gasteiger charge is 2.18. The van der Waals surface area contributed by atoms with Crippen molar-refractivity contribution in [2.24, 2.45) is 0 Å². The van der Waals surface area contributed by atoms with Gasteiger partial charge >= 0.3 is 4.87 Å². The molecule has 0 spiro atoms. The summed E-state index contributed by atoms with van der Waals surface area (Å²) in [5, 5.41) is 12.2. The third kappa shape index (κ3) is 4.59. The van der Waals surface area contributed by atoms with Crippen molar-refractivity contribution in [2.75, 3.05) is 11.1 Å². The number of carbonyl (C=O) groups excluding carboxylic acids is 1. The average molecular weight is 474 g/mol. The van der Waals surface area contributed by atoms with Crippen molar-refractivity contribution in [1.82, 2.24) is 19.3 Å². The van der Waals surface area contributed by atoms with Gasteiger partial charge in [0.2, 0.25) is 5.91 Å². The third-order valence-corrected chi connectivity index (χ3v) is 6.87. The monoisotopic (exact) mass is 473 g/mol. The predicted molar refractivity (Wildman–Crippen MR) is 132 cm³/mol. The molecular weight excluding hydrogens is 454 g/mol. The zero-order valence-electron chi connectivity index (χ0n) is 17.4.